The average molecular weight is 627 g/mol. The highest BCUT2D eigenvalue weighted by atomic mass is 35.5. The van der Waals surface area contributed by atoms with Crippen molar-refractivity contribution >= 4 is 29.1 Å². The van der Waals surface area contributed by atoms with Crippen LogP contribution in [0, 0.1) is 18.3 Å². The van der Waals surface area contributed by atoms with E-state index in [1.54, 1.807) is 37.3 Å². The summed E-state index contributed by atoms with van der Waals surface area (Å²) in [6.45, 7) is 2.97. The number of likely N-dealkylation sites (tertiary alicyclic amines) is 1. The third-order valence-electron chi connectivity index (χ3n) is 7.08. The quantitative estimate of drug-likeness (QED) is 0.315. The number of aromatic nitrogens is 6. The summed E-state index contributed by atoms with van der Waals surface area (Å²) in [4.78, 5) is 30.1. The first-order chi connectivity index (χ1) is 20.9. The predicted octanol–water partition coefficient (Wildman–Crippen LogP) is 3.84. The Morgan fingerprint density at radius 1 is 1.11 bits per heavy atom. The second-order valence-corrected chi connectivity index (χ2v) is 10.8. The van der Waals surface area contributed by atoms with Crippen LogP contribution in [0.3, 0.4) is 0 Å². The maximum atomic E-state index is 13.8. The number of amides is 2. The zero-order chi connectivity index (χ0) is 31.6. The molecule has 44 heavy (non-hydrogen) atoms. The summed E-state index contributed by atoms with van der Waals surface area (Å²) in [5.74, 6) is -2.54. The minimum atomic E-state index is -4.78. The largest absolute Gasteiger partial charge is 0.455 e. The number of nitriles is 1. The van der Waals surface area contributed by atoms with Crippen LogP contribution in [0.1, 0.15) is 56.3 Å². The first kappa shape index (κ1) is 30.6. The number of para-hydroxylation sites is 1. The van der Waals surface area contributed by atoms with Crippen LogP contribution in [0.25, 0.3) is 5.69 Å². The van der Waals surface area contributed by atoms with Gasteiger partial charge in [-0.25, -0.2) is 4.68 Å². The normalized spacial score (nSPS) is 14.3. The van der Waals surface area contributed by atoms with Gasteiger partial charge in [-0.2, -0.15) is 28.3 Å². The van der Waals surface area contributed by atoms with Gasteiger partial charge in [-0.05, 0) is 81.0 Å². The number of tetrazole rings is 1. The van der Waals surface area contributed by atoms with Crippen LogP contribution < -0.4 is 10.6 Å². The fourth-order valence-electron chi connectivity index (χ4n) is 4.84. The number of nitrogens with one attached hydrogen (secondary N) is 2. The van der Waals surface area contributed by atoms with Crippen molar-refractivity contribution < 1.29 is 22.8 Å². The standard InChI is InChI=1S/C28H26ClF3N10O2/c1-16-11-17(14-33)12-20(25(43)34-18-7-9-40(2)10-8-18)24(16)35-26(44)23-13-19(15-41-38-27(36-39-41)28(30,31)32)37-42(23)22-6-4-3-5-21(22)29/h3-6,11-13,18H,7-10,15H2,1-2H3,(H,34,43)(H,35,44). The number of nitrogens with zero attached hydrogens (tertiary/aromatic N) is 8. The van der Waals surface area contributed by atoms with Gasteiger partial charge in [0.15, 0.2) is 0 Å². The molecule has 1 fully saturated rings. The highest BCUT2D eigenvalue weighted by Gasteiger charge is 2.37. The molecule has 2 aromatic heterocycles. The van der Waals surface area contributed by atoms with Crippen molar-refractivity contribution in [2.75, 3.05) is 25.5 Å². The number of alkyl halides is 3. The van der Waals surface area contributed by atoms with Crippen LogP contribution in [-0.4, -0.2) is 72.9 Å². The Kier molecular flexibility index (Phi) is 8.66. The van der Waals surface area contributed by atoms with E-state index in [-0.39, 0.29) is 45.8 Å². The Morgan fingerprint density at radius 2 is 1.84 bits per heavy atom. The molecule has 1 aliphatic rings. The van der Waals surface area contributed by atoms with Crippen molar-refractivity contribution in [3.63, 3.8) is 0 Å². The summed E-state index contributed by atoms with van der Waals surface area (Å²) in [7, 11) is 2.01. The van der Waals surface area contributed by atoms with Crippen LogP contribution in [0.4, 0.5) is 18.9 Å². The molecule has 3 heterocycles. The second kappa shape index (κ2) is 12.4. The Morgan fingerprint density at radius 3 is 2.50 bits per heavy atom. The van der Waals surface area contributed by atoms with Gasteiger partial charge in [-0.1, -0.05) is 23.7 Å². The molecule has 0 saturated carbocycles. The highest BCUT2D eigenvalue weighted by Crippen LogP contribution is 2.28. The zero-order valence-corrected chi connectivity index (χ0v) is 24.3. The third-order valence-corrected chi connectivity index (χ3v) is 7.40. The molecule has 0 unspecified atom stereocenters. The van der Waals surface area contributed by atoms with E-state index in [4.69, 9.17) is 11.6 Å². The number of aryl methyl sites for hydroxylation is 1. The minimum Gasteiger partial charge on any atom is -0.349 e. The molecular formula is C28H26ClF3N10O2. The molecule has 1 saturated heterocycles. The van der Waals surface area contributed by atoms with E-state index in [1.165, 1.54) is 16.8 Å². The average Bonchev–Trinajstić information content (AvgIpc) is 3.63. The lowest BCUT2D eigenvalue weighted by atomic mass is 10.0. The molecule has 0 bridgehead atoms. The summed E-state index contributed by atoms with van der Waals surface area (Å²) >= 11 is 6.40. The highest BCUT2D eigenvalue weighted by molar-refractivity contribution is 6.32. The number of halogens is 4. The Hall–Kier alpha value is -4.81. The van der Waals surface area contributed by atoms with Gasteiger partial charge in [-0.3, -0.25) is 9.59 Å². The molecule has 0 radical (unpaired) electrons. The molecule has 5 rings (SSSR count). The van der Waals surface area contributed by atoms with Crippen LogP contribution in [0.5, 0.6) is 0 Å². The third kappa shape index (κ3) is 6.71. The molecule has 4 aromatic rings. The number of carbonyl (C=O) groups is 2. The fourth-order valence-corrected chi connectivity index (χ4v) is 5.05. The van der Waals surface area contributed by atoms with E-state index >= 15 is 0 Å². The number of hydrogen-bond donors (Lipinski definition) is 2. The summed E-state index contributed by atoms with van der Waals surface area (Å²) in [5.41, 5.74) is 1.46. The van der Waals surface area contributed by atoms with Crippen molar-refractivity contribution in [2.45, 2.75) is 38.5 Å². The molecule has 0 spiro atoms. The smallest absolute Gasteiger partial charge is 0.349 e. The molecule has 12 nitrogen and oxygen atoms in total. The molecule has 0 atom stereocenters. The van der Waals surface area contributed by atoms with Crippen molar-refractivity contribution in [3.8, 4) is 11.8 Å². The summed E-state index contributed by atoms with van der Waals surface area (Å²) < 4.78 is 40.2. The van der Waals surface area contributed by atoms with E-state index in [2.05, 4.69) is 36.0 Å². The summed E-state index contributed by atoms with van der Waals surface area (Å²) in [5, 5.41) is 29.8. The lowest BCUT2D eigenvalue weighted by Gasteiger charge is -2.29. The van der Waals surface area contributed by atoms with Gasteiger partial charge >= 0.3 is 6.18 Å². The number of anilines is 1. The van der Waals surface area contributed by atoms with E-state index in [0.29, 0.717) is 16.0 Å². The molecular weight excluding hydrogens is 601 g/mol. The van der Waals surface area contributed by atoms with E-state index in [1.807, 2.05) is 13.1 Å². The van der Waals surface area contributed by atoms with Crippen LogP contribution >= 0.6 is 11.6 Å². The van der Waals surface area contributed by atoms with Gasteiger partial charge in [0.25, 0.3) is 17.6 Å². The Bertz CT molecular complexity index is 1750. The number of hydrogen-bond acceptors (Lipinski definition) is 8. The van der Waals surface area contributed by atoms with Gasteiger partial charge in [0.1, 0.15) is 12.2 Å². The Labute approximate surface area is 254 Å². The molecule has 16 heteroatoms. The topological polar surface area (TPSA) is 147 Å². The maximum absolute atomic E-state index is 13.8. The predicted molar refractivity (Wildman–Crippen MR) is 152 cm³/mol. The molecule has 2 amide bonds. The second-order valence-electron chi connectivity index (χ2n) is 10.4. The van der Waals surface area contributed by atoms with Gasteiger partial charge in [0.05, 0.1) is 39.3 Å². The van der Waals surface area contributed by atoms with Crippen molar-refractivity contribution in [3.05, 3.63) is 81.4 Å². The van der Waals surface area contributed by atoms with E-state index in [0.717, 1.165) is 25.9 Å². The number of carbonyl (C=O) groups excluding carboxylic acids is 2. The first-order valence-corrected chi connectivity index (χ1v) is 13.8. The van der Waals surface area contributed by atoms with Crippen molar-refractivity contribution in [2.24, 2.45) is 0 Å². The Balaban J connectivity index is 1.48. The molecule has 1 aliphatic heterocycles. The van der Waals surface area contributed by atoms with Crippen LogP contribution in [0.2, 0.25) is 5.02 Å². The van der Waals surface area contributed by atoms with Gasteiger partial charge in [0, 0.05) is 6.04 Å². The molecule has 2 N–H and O–H groups in total. The molecule has 2 aromatic carbocycles. The molecule has 228 valence electrons. The maximum Gasteiger partial charge on any atom is 0.455 e. The van der Waals surface area contributed by atoms with Crippen LogP contribution in [-0.2, 0) is 12.7 Å². The summed E-state index contributed by atoms with van der Waals surface area (Å²) in [6.07, 6.45) is -3.27. The van der Waals surface area contributed by atoms with Gasteiger partial charge in [0.2, 0.25) is 0 Å². The number of benzene rings is 2. The SMILES string of the molecule is Cc1cc(C#N)cc(C(=O)NC2CCN(C)CC2)c1NC(=O)c1cc(Cn2nnc(C(F)(F)F)n2)nn1-c1ccccc1Cl. The van der Waals surface area contributed by atoms with E-state index < -0.39 is 23.8 Å². The van der Waals surface area contributed by atoms with Crippen molar-refractivity contribution in [1.82, 2.24) is 40.2 Å². The van der Waals surface area contributed by atoms with Crippen LogP contribution in [0.15, 0.2) is 42.5 Å². The lowest BCUT2D eigenvalue weighted by molar-refractivity contribution is -0.145. The zero-order valence-electron chi connectivity index (χ0n) is 23.6. The number of piperidine rings is 1. The lowest BCUT2D eigenvalue weighted by Crippen LogP contribution is -2.43. The van der Waals surface area contributed by atoms with E-state index in [9.17, 15) is 28.0 Å². The monoisotopic (exact) mass is 626 g/mol. The summed E-state index contributed by atoms with van der Waals surface area (Å²) in [6, 6.07) is 12.8. The van der Waals surface area contributed by atoms with Gasteiger partial charge in [-0.15, -0.1) is 10.2 Å². The molecule has 0 aliphatic carbocycles. The van der Waals surface area contributed by atoms with Crippen molar-refractivity contribution in [1.29, 1.82) is 5.26 Å². The first-order valence-electron chi connectivity index (χ1n) is 13.5. The number of rotatable bonds is 7. The van der Waals surface area contributed by atoms with Gasteiger partial charge < -0.3 is 15.5 Å². The minimum absolute atomic E-state index is 0.0327. The fraction of sp³-hybridized carbons (Fsp3) is 0.321.